The van der Waals surface area contributed by atoms with E-state index in [1.165, 1.54) is 0 Å². The molecular formula is C19H25F3N2O2S. The van der Waals surface area contributed by atoms with Gasteiger partial charge in [0.1, 0.15) is 0 Å². The van der Waals surface area contributed by atoms with Gasteiger partial charge in [-0.15, -0.1) is 0 Å². The lowest BCUT2D eigenvalue weighted by Crippen LogP contribution is -2.58. The summed E-state index contributed by atoms with van der Waals surface area (Å²) in [6.07, 6.45) is -0.335. The summed E-state index contributed by atoms with van der Waals surface area (Å²) in [5.41, 5.74) is 0.236. The van der Waals surface area contributed by atoms with E-state index >= 15 is 0 Å². The molecule has 0 radical (unpaired) electrons. The topological polar surface area (TPSA) is 40.6 Å². The van der Waals surface area contributed by atoms with E-state index < -0.39 is 21.6 Å². The lowest BCUT2D eigenvalue weighted by molar-refractivity contribution is -0.137. The van der Waals surface area contributed by atoms with Crippen LogP contribution in [0.2, 0.25) is 0 Å². The van der Waals surface area contributed by atoms with Crippen LogP contribution in [0.1, 0.15) is 31.2 Å². The molecule has 0 aliphatic carbocycles. The van der Waals surface area contributed by atoms with E-state index in [2.05, 4.69) is 9.80 Å². The van der Waals surface area contributed by atoms with Crippen molar-refractivity contribution >= 4 is 15.5 Å². The lowest BCUT2D eigenvalue weighted by Gasteiger charge is -2.50. The van der Waals surface area contributed by atoms with E-state index in [1.807, 2.05) is 0 Å². The minimum Gasteiger partial charge on any atom is -0.370 e. The Morgan fingerprint density at radius 2 is 1.63 bits per heavy atom. The molecule has 0 N–H and O–H groups in total. The Morgan fingerprint density at radius 3 is 2.19 bits per heavy atom. The van der Waals surface area contributed by atoms with Gasteiger partial charge in [0, 0.05) is 30.2 Å². The fourth-order valence-corrected chi connectivity index (χ4v) is 7.25. The number of nitrogens with zero attached hydrogens (tertiary/aromatic N) is 2. The molecule has 1 aromatic carbocycles. The number of benzene rings is 1. The van der Waals surface area contributed by atoms with Crippen LogP contribution in [0.15, 0.2) is 24.3 Å². The van der Waals surface area contributed by atoms with Gasteiger partial charge < -0.3 is 4.90 Å². The molecule has 1 aromatic rings. The first-order valence-corrected chi connectivity index (χ1v) is 11.3. The molecule has 0 bridgehead atoms. The maximum Gasteiger partial charge on any atom is 0.416 e. The van der Waals surface area contributed by atoms with Gasteiger partial charge >= 0.3 is 6.18 Å². The van der Waals surface area contributed by atoms with Crippen LogP contribution in [-0.2, 0) is 16.0 Å². The number of halogens is 3. The van der Waals surface area contributed by atoms with Crippen molar-refractivity contribution in [2.24, 2.45) is 5.41 Å². The molecule has 3 aliphatic rings. The predicted molar refractivity (Wildman–Crippen MR) is 98.6 cm³/mol. The zero-order chi connectivity index (χ0) is 19.3. The zero-order valence-electron chi connectivity index (χ0n) is 15.2. The second kappa shape index (κ2) is 6.65. The number of sulfone groups is 1. The maximum atomic E-state index is 12.8. The Labute approximate surface area is 158 Å². The Hall–Kier alpha value is -1.28. The molecule has 4 nitrogen and oxygen atoms in total. The van der Waals surface area contributed by atoms with Crippen LogP contribution in [-0.4, -0.2) is 57.0 Å². The normalized spacial score (nSPS) is 28.1. The standard InChI is InChI=1S/C19H25F3N2O2S/c20-19(21,22)15-3-5-16(6-4-15)24-9-1-2-17(12-24)23-10-7-18(8-11-23)13-27(25,26)14-18/h3-6,17H,1-2,7-14H2/t17-/m0/s1. The zero-order valence-corrected chi connectivity index (χ0v) is 16.0. The molecule has 0 amide bonds. The van der Waals surface area contributed by atoms with Crippen LogP contribution in [0.25, 0.3) is 0 Å². The second-order valence-electron chi connectivity index (χ2n) is 8.35. The number of anilines is 1. The summed E-state index contributed by atoms with van der Waals surface area (Å²) in [6.45, 7) is 3.51. The van der Waals surface area contributed by atoms with Crippen molar-refractivity contribution in [3.05, 3.63) is 29.8 Å². The van der Waals surface area contributed by atoms with E-state index in [1.54, 1.807) is 12.1 Å². The van der Waals surface area contributed by atoms with Crippen molar-refractivity contribution in [1.82, 2.24) is 4.90 Å². The number of alkyl halides is 3. The van der Waals surface area contributed by atoms with Crippen LogP contribution in [0.4, 0.5) is 18.9 Å². The lowest BCUT2D eigenvalue weighted by atomic mass is 9.80. The van der Waals surface area contributed by atoms with Gasteiger partial charge in [-0.25, -0.2) is 8.42 Å². The van der Waals surface area contributed by atoms with Gasteiger partial charge in [-0.2, -0.15) is 13.2 Å². The van der Waals surface area contributed by atoms with Crippen LogP contribution >= 0.6 is 0 Å². The van der Waals surface area contributed by atoms with Gasteiger partial charge in [-0.1, -0.05) is 0 Å². The van der Waals surface area contributed by atoms with Gasteiger partial charge in [-0.3, -0.25) is 4.90 Å². The van der Waals surface area contributed by atoms with E-state index in [0.717, 1.165) is 69.7 Å². The van der Waals surface area contributed by atoms with Gasteiger partial charge in [0.15, 0.2) is 9.84 Å². The molecule has 1 atom stereocenters. The van der Waals surface area contributed by atoms with Crippen LogP contribution in [0.5, 0.6) is 0 Å². The van der Waals surface area contributed by atoms with E-state index in [9.17, 15) is 21.6 Å². The predicted octanol–water partition coefficient (Wildman–Crippen LogP) is 3.18. The first-order chi connectivity index (χ1) is 12.7. The van der Waals surface area contributed by atoms with Crippen LogP contribution in [0, 0.1) is 5.41 Å². The second-order valence-corrected chi connectivity index (χ2v) is 10.4. The average molecular weight is 402 g/mol. The molecule has 27 heavy (non-hydrogen) atoms. The SMILES string of the molecule is O=S1(=O)CC2(CCN([C@H]3CCCN(c4ccc(C(F)(F)F)cc4)C3)CC2)C1. The molecule has 0 unspecified atom stereocenters. The van der Waals surface area contributed by atoms with Gasteiger partial charge in [0.05, 0.1) is 17.1 Å². The fourth-order valence-electron chi connectivity index (χ4n) is 4.89. The molecule has 0 saturated carbocycles. The summed E-state index contributed by atoms with van der Waals surface area (Å²) in [4.78, 5) is 4.62. The van der Waals surface area contributed by atoms with Crippen LogP contribution < -0.4 is 4.90 Å². The minimum atomic E-state index is -4.30. The molecular weight excluding hydrogens is 377 g/mol. The Balaban J connectivity index is 1.36. The van der Waals surface area contributed by atoms with Crippen molar-refractivity contribution in [1.29, 1.82) is 0 Å². The Bertz CT molecular complexity index is 770. The summed E-state index contributed by atoms with van der Waals surface area (Å²) in [5, 5.41) is 0. The number of hydrogen-bond acceptors (Lipinski definition) is 4. The third-order valence-corrected chi connectivity index (χ3v) is 8.49. The molecule has 3 saturated heterocycles. The van der Waals surface area contributed by atoms with Crippen molar-refractivity contribution in [3.8, 4) is 0 Å². The number of likely N-dealkylation sites (tertiary alicyclic amines) is 1. The van der Waals surface area contributed by atoms with E-state index in [-0.39, 0.29) is 5.41 Å². The third-order valence-electron chi connectivity index (χ3n) is 6.38. The average Bonchev–Trinajstić information content (AvgIpc) is 2.60. The highest BCUT2D eigenvalue weighted by atomic mass is 32.2. The van der Waals surface area contributed by atoms with Gasteiger partial charge in [0.2, 0.25) is 0 Å². The molecule has 1 spiro atoms. The number of hydrogen-bond donors (Lipinski definition) is 0. The molecule has 3 fully saturated rings. The summed E-state index contributed by atoms with van der Waals surface area (Å²) in [7, 11) is -2.80. The summed E-state index contributed by atoms with van der Waals surface area (Å²) in [5.74, 6) is 0.687. The third kappa shape index (κ3) is 3.97. The van der Waals surface area contributed by atoms with E-state index in [0.29, 0.717) is 17.5 Å². The largest absolute Gasteiger partial charge is 0.416 e. The smallest absolute Gasteiger partial charge is 0.370 e. The number of piperidine rings is 2. The molecule has 0 aromatic heterocycles. The van der Waals surface area contributed by atoms with Crippen molar-refractivity contribution < 1.29 is 21.6 Å². The molecule has 3 aliphatic heterocycles. The molecule has 4 rings (SSSR count). The highest BCUT2D eigenvalue weighted by Crippen LogP contribution is 2.43. The fraction of sp³-hybridized carbons (Fsp3) is 0.684. The number of rotatable bonds is 2. The van der Waals surface area contributed by atoms with Crippen molar-refractivity contribution in [2.45, 2.75) is 37.9 Å². The summed E-state index contributed by atoms with van der Waals surface area (Å²) in [6, 6.07) is 5.82. The molecule has 150 valence electrons. The Morgan fingerprint density at radius 1 is 1.00 bits per heavy atom. The first-order valence-electron chi connectivity index (χ1n) is 9.53. The quantitative estimate of drug-likeness (QED) is 0.762. The van der Waals surface area contributed by atoms with Crippen molar-refractivity contribution in [3.63, 3.8) is 0 Å². The minimum absolute atomic E-state index is 0.0110. The van der Waals surface area contributed by atoms with E-state index in [4.69, 9.17) is 0 Å². The van der Waals surface area contributed by atoms with Crippen molar-refractivity contribution in [2.75, 3.05) is 42.6 Å². The molecule has 3 heterocycles. The highest BCUT2D eigenvalue weighted by Gasteiger charge is 2.50. The summed E-state index contributed by atoms with van der Waals surface area (Å²) >= 11 is 0. The summed E-state index contributed by atoms with van der Waals surface area (Å²) < 4.78 is 61.3. The van der Waals surface area contributed by atoms with Gasteiger partial charge in [0.25, 0.3) is 0 Å². The monoisotopic (exact) mass is 402 g/mol. The molecule has 8 heteroatoms. The maximum absolute atomic E-state index is 12.8. The highest BCUT2D eigenvalue weighted by molar-refractivity contribution is 7.92. The van der Waals surface area contributed by atoms with Crippen LogP contribution in [0.3, 0.4) is 0 Å². The first kappa shape index (κ1) is 19.1. The van der Waals surface area contributed by atoms with Gasteiger partial charge in [-0.05, 0) is 63.0 Å². The Kier molecular flexibility index (Phi) is 4.70.